The molecule has 0 aliphatic rings. The normalized spacial score (nSPS) is 10.1. The quantitative estimate of drug-likeness (QED) is 0.0898. The maximum atomic E-state index is 9.23. The van der Waals surface area contributed by atoms with E-state index in [4.69, 9.17) is 0 Å². The zero-order valence-electron chi connectivity index (χ0n) is 30.0. The van der Waals surface area contributed by atoms with Crippen molar-refractivity contribution in [3.63, 3.8) is 0 Å². The Morgan fingerprint density at radius 1 is 0.421 bits per heavy atom. The largest absolute Gasteiger partial charge is 0.488 e. The molecule has 6 aromatic carbocycles. The molecule has 8 aromatic rings. The summed E-state index contributed by atoms with van der Waals surface area (Å²) in [6, 6.07) is 64.6. The maximum absolute atomic E-state index is 9.23. The number of hydrogen-bond acceptors (Lipinski definition) is 6. The fourth-order valence-corrected chi connectivity index (χ4v) is 6.47. The van der Waals surface area contributed by atoms with Crippen LogP contribution in [0.15, 0.2) is 215 Å². The van der Waals surface area contributed by atoms with Crippen LogP contribution >= 0.6 is 54.5 Å². The summed E-state index contributed by atoms with van der Waals surface area (Å²) < 4.78 is 3.03. The molecule has 0 bridgehead atoms. The molecule has 0 fully saturated rings. The Morgan fingerprint density at radius 3 is 1.09 bits per heavy atom. The lowest BCUT2D eigenvalue weighted by molar-refractivity contribution is 0.426. The van der Waals surface area contributed by atoms with Gasteiger partial charge in [0.2, 0.25) is 0 Å². The highest BCUT2D eigenvalue weighted by molar-refractivity contribution is 14.1. The van der Waals surface area contributed by atoms with Crippen molar-refractivity contribution in [2.24, 2.45) is 0 Å². The van der Waals surface area contributed by atoms with Crippen molar-refractivity contribution in [2.45, 2.75) is 7.43 Å². The number of aromatic nitrogens is 2. The lowest BCUT2D eigenvalue weighted by Gasteiger charge is -2.25. The van der Waals surface area contributed by atoms with E-state index in [0.717, 1.165) is 58.0 Å². The molecule has 0 unspecified atom stereocenters. The van der Waals surface area contributed by atoms with Crippen LogP contribution in [0.3, 0.4) is 0 Å². The Bertz CT molecular complexity index is 2250. The number of halogens is 3. The Hall–Kier alpha value is -5.11. The van der Waals surface area contributed by atoms with Crippen molar-refractivity contribution < 1.29 is 10.0 Å². The summed E-state index contributed by atoms with van der Waals surface area (Å²) in [5, 5.41) is 18.5. The lowest BCUT2D eigenvalue weighted by Crippen LogP contribution is -2.29. The van der Waals surface area contributed by atoms with Crippen LogP contribution in [0.2, 0.25) is 0 Å². The second kappa shape index (κ2) is 22.0. The number of pyridine rings is 2. The van der Waals surface area contributed by atoms with Crippen LogP contribution in [0.5, 0.6) is 0 Å². The molecule has 0 saturated carbocycles. The van der Waals surface area contributed by atoms with E-state index in [1.807, 2.05) is 115 Å². The molecule has 0 amide bonds. The first kappa shape index (κ1) is 43.0. The van der Waals surface area contributed by atoms with Crippen LogP contribution in [0.25, 0.3) is 11.3 Å². The van der Waals surface area contributed by atoms with Crippen molar-refractivity contribution in [1.29, 1.82) is 0 Å². The molecule has 2 heterocycles. The first-order chi connectivity index (χ1) is 27.4. The van der Waals surface area contributed by atoms with Crippen molar-refractivity contribution in [3.05, 3.63) is 219 Å². The van der Waals surface area contributed by atoms with Crippen molar-refractivity contribution in [3.8, 4) is 11.3 Å². The molecule has 0 saturated heterocycles. The van der Waals surface area contributed by atoms with Crippen LogP contribution in [0.4, 0.5) is 34.1 Å². The van der Waals surface area contributed by atoms with E-state index in [-0.39, 0.29) is 7.43 Å². The van der Waals surface area contributed by atoms with Gasteiger partial charge in [0.1, 0.15) is 3.70 Å². The first-order valence-electron chi connectivity index (χ1n) is 17.6. The van der Waals surface area contributed by atoms with Crippen molar-refractivity contribution >= 4 is 101 Å². The van der Waals surface area contributed by atoms with E-state index in [1.54, 1.807) is 18.3 Å². The molecule has 0 radical (unpaired) electrons. The second-order valence-electron chi connectivity index (χ2n) is 12.2. The van der Waals surface area contributed by atoms with Gasteiger partial charge in [-0.05, 0) is 157 Å². The van der Waals surface area contributed by atoms with Gasteiger partial charge < -0.3 is 19.8 Å². The average Bonchev–Trinajstić information content (AvgIpc) is 3.25. The summed E-state index contributed by atoms with van der Waals surface area (Å²) in [5.41, 5.74) is 8.97. The molecule has 2 N–H and O–H groups in total. The van der Waals surface area contributed by atoms with Gasteiger partial charge in [0.15, 0.2) is 0 Å². The minimum atomic E-state index is -1.45. The van der Waals surface area contributed by atoms with Crippen LogP contribution in [0, 0.1) is 3.70 Å². The summed E-state index contributed by atoms with van der Waals surface area (Å²) in [4.78, 5) is 12.9. The van der Waals surface area contributed by atoms with Crippen LogP contribution < -0.4 is 15.3 Å². The molecule has 57 heavy (non-hydrogen) atoms. The third kappa shape index (κ3) is 12.4. The maximum Gasteiger partial charge on any atom is 0.488 e. The van der Waals surface area contributed by atoms with Gasteiger partial charge in [0, 0.05) is 61.0 Å². The lowest BCUT2D eigenvalue weighted by atomic mass is 9.80. The zero-order chi connectivity index (χ0) is 39.1. The third-order valence-electron chi connectivity index (χ3n) is 8.35. The summed E-state index contributed by atoms with van der Waals surface area (Å²) in [5.74, 6) is 0. The van der Waals surface area contributed by atoms with E-state index >= 15 is 0 Å². The predicted molar refractivity (Wildman–Crippen MR) is 254 cm³/mol. The van der Waals surface area contributed by atoms with Gasteiger partial charge in [-0.1, -0.05) is 104 Å². The van der Waals surface area contributed by atoms with E-state index in [1.165, 1.54) is 0 Å². The molecule has 0 spiro atoms. The number of nitrogens with zero attached hydrogens (tertiary/aromatic N) is 4. The second-order valence-corrected chi connectivity index (χ2v) is 15.1. The Kier molecular flexibility index (Phi) is 16.6. The highest BCUT2D eigenvalue weighted by Gasteiger charge is 2.15. The van der Waals surface area contributed by atoms with Gasteiger partial charge in [0.25, 0.3) is 0 Å². The fraction of sp³-hybridized carbons (Fsp3) is 0.0213. The number of benzene rings is 6. The molecule has 10 heteroatoms. The smallest absolute Gasteiger partial charge is 0.423 e. The van der Waals surface area contributed by atoms with Gasteiger partial charge in [0.05, 0.1) is 5.69 Å². The molecule has 8 rings (SSSR count). The van der Waals surface area contributed by atoms with E-state index in [2.05, 4.69) is 147 Å². The Labute approximate surface area is 366 Å². The average molecular weight is 990 g/mol. The molecule has 0 aliphatic carbocycles. The van der Waals surface area contributed by atoms with Crippen LogP contribution in [0.1, 0.15) is 7.43 Å². The molecule has 284 valence electrons. The van der Waals surface area contributed by atoms with Gasteiger partial charge in [-0.2, -0.15) is 0 Å². The minimum Gasteiger partial charge on any atom is -0.423 e. The predicted octanol–water partition coefficient (Wildman–Crippen LogP) is 12.9. The number of para-hydroxylation sites is 4. The van der Waals surface area contributed by atoms with Gasteiger partial charge in [-0.25, -0.2) is 4.98 Å². The van der Waals surface area contributed by atoms with Crippen molar-refractivity contribution in [2.75, 3.05) is 9.80 Å². The first-order valence-corrected chi connectivity index (χ1v) is 20.3. The SMILES string of the molecule is Brc1ccc(-c2ccc(N(c3ccccc3)c3ccccc3)cc2)nc1.Brc1ccc(I)nc1.C.OB(O)c1ccc(N(c2ccccc2)c2ccccc2)cc1. The minimum absolute atomic E-state index is 0. The Morgan fingerprint density at radius 2 is 0.772 bits per heavy atom. The van der Waals surface area contributed by atoms with Crippen LogP contribution in [-0.2, 0) is 0 Å². The van der Waals surface area contributed by atoms with Crippen LogP contribution in [-0.4, -0.2) is 27.1 Å². The molecule has 0 atom stereocenters. The number of anilines is 6. The van der Waals surface area contributed by atoms with E-state index in [9.17, 15) is 10.0 Å². The monoisotopic (exact) mass is 988 g/mol. The van der Waals surface area contributed by atoms with Crippen molar-refractivity contribution in [1.82, 2.24) is 9.97 Å². The molecule has 2 aromatic heterocycles. The summed E-state index contributed by atoms with van der Waals surface area (Å²) in [6.45, 7) is 0. The highest BCUT2D eigenvalue weighted by Crippen LogP contribution is 2.36. The molecule has 6 nitrogen and oxygen atoms in total. The molecule has 0 aliphatic heterocycles. The summed E-state index contributed by atoms with van der Waals surface area (Å²) in [7, 11) is -1.45. The van der Waals surface area contributed by atoms with Gasteiger partial charge in [-0.15, -0.1) is 0 Å². The number of rotatable bonds is 8. The van der Waals surface area contributed by atoms with Gasteiger partial charge in [-0.3, -0.25) is 4.98 Å². The standard InChI is InChI=1S/C23H17BrN2.C18H16BNO2.C5H3BrIN.CH4/c24-19-13-16-23(25-17-19)18-11-14-22(15-12-18)26(20-7-3-1-4-8-20)21-9-5-2-6-10-21;21-19(22)15-11-13-18(14-12-15)20(16-7-3-1-4-8-16)17-9-5-2-6-10-17;6-4-1-2-5(7)8-3-4;/h1-17H;1-14,21-22H;1-3H;1H4. The summed E-state index contributed by atoms with van der Waals surface area (Å²) in [6.07, 6.45) is 3.60. The molecular weight excluding hydrogens is 950 g/mol. The summed E-state index contributed by atoms with van der Waals surface area (Å²) >= 11 is 8.88. The molecular formula is C47H40BBr2IN4O2. The van der Waals surface area contributed by atoms with Gasteiger partial charge >= 0.3 is 7.12 Å². The zero-order valence-corrected chi connectivity index (χ0v) is 35.4. The van der Waals surface area contributed by atoms with E-state index < -0.39 is 7.12 Å². The highest BCUT2D eigenvalue weighted by atomic mass is 127. The number of hydrogen-bond donors (Lipinski definition) is 2. The van der Waals surface area contributed by atoms with E-state index in [0.29, 0.717) is 5.46 Å². The topological polar surface area (TPSA) is 72.7 Å². The Balaban J connectivity index is 0.000000181. The fourth-order valence-electron chi connectivity index (χ4n) is 5.68. The third-order valence-corrected chi connectivity index (χ3v) is 9.92.